The summed E-state index contributed by atoms with van der Waals surface area (Å²) in [5.74, 6) is -1.68. The number of carboxylic acids is 1. The molecule has 1 amide bonds. The van der Waals surface area contributed by atoms with Crippen LogP contribution in [0.1, 0.15) is 33.6 Å². The Bertz CT molecular complexity index is 392. The first kappa shape index (κ1) is 15.8. The molecule has 0 radical (unpaired) electrons. The van der Waals surface area contributed by atoms with E-state index in [-0.39, 0.29) is 19.5 Å². The lowest BCUT2D eigenvalue weighted by atomic mass is 9.87. The monoisotopic (exact) mass is 281 g/mol. The number of rotatable bonds is 3. The number of amides is 1. The van der Waals surface area contributed by atoms with Crippen molar-refractivity contribution in [1.82, 2.24) is 4.90 Å². The van der Waals surface area contributed by atoms with E-state index in [4.69, 9.17) is 5.11 Å². The van der Waals surface area contributed by atoms with Gasteiger partial charge in [0.25, 0.3) is 0 Å². The first-order chi connectivity index (χ1) is 8.39. The van der Waals surface area contributed by atoms with Crippen molar-refractivity contribution in [2.24, 2.45) is 10.8 Å². The molecule has 1 fully saturated rings. The summed E-state index contributed by atoms with van der Waals surface area (Å²) in [5, 5.41) is 9.02. The van der Waals surface area contributed by atoms with E-state index < -0.39 is 35.3 Å². The summed E-state index contributed by atoms with van der Waals surface area (Å²) in [7, 11) is 0. The Balaban J connectivity index is 2.70. The van der Waals surface area contributed by atoms with Crippen LogP contribution in [-0.4, -0.2) is 41.1 Å². The quantitative estimate of drug-likeness (QED) is 0.863. The first-order valence-corrected chi connectivity index (χ1v) is 5.97. The SMILES string of the molecule is CC1(C(=O)O)CCN(C(=O)CC(C)(C)C(F)(F)F)C1. The molecule has 0 aromatic carbocycles. The summed E-state index contributed by atoms with van der Waals surface area (Å²) < 4.78 is 38.1. The summed E-state index contributed by atoms with van der Waals surface area (Å²) in [5.41, 5.74) is -3.16. The third kappa shape index (κ3) is 3.19. The number of hydrogen-bond acceptors (Lipinski definition) is 2. The first-order valence-electron chi connectivity index (χ1n) is 5.97. The molecule has 1 atom stereocenters. The number of halogens is 3. The lowest BCUT2D eigenvalue weighted by molar-refractivity contribution is -0.215. The zero-order valence-electron chi connectivity index (χ0n) is 11.2. The van der Waals surface area contributed by atoms with Gasteiger partial charge in [-0.05, 0) is 13.3 Å². The van der Waals surface area contributed by atoms with Crippen molar-refractivity contribution in [3.8, 4) is 0 Å². The average Bonchev–Trinajstić information content (AvgIpc) is 2.60. The number of likely N-dealkylation sites (tertiary alicyclic amines) is 1. The molecule has 7 heteroatoms. The number of carbonyl (C=O) groups is 2. The average molecular weight is 281 g/mol. The van der Waals surface area contributed by atoms with Crippen LogP contribution in [0.4, 0.5) is 13.2 Å². The molecule has 110 valence electrons. The minimum atomic E-state index is -4.46. The summed E-state index contributed by atoms with van der Waals surface area (Å²) in [6.45, 7) is 3.59. The molecular weight excluding hydrogens is 263 g/mol. The van der Waals surface area contributed by atoms with Gasteiger partial charge in [0.2, 0.25) is 5.91 Å². The Labute approximate surface area is 109 Å². The van der Waals surface area contributed by atoms with Crippen LogP contribution in [0.5, 0.6) is 0 Å². The van der Waals surface area contributed by atoms with Gasteiger partial charge in [0.15, 0.2) is 0 Å². The van der Waals surface area contributed by atoms with Crippen molar-refractivity contribution in [3.63, 3.8) is 0 Å². The number of carbonyl (C=O) groups excluding carboxylic acids is 1. The fourth-order valence-electron chi connectivity index (χ4n) is 1.94. The number of carboxylic acid groups (broad SMARTS) is 1. The van der Waals surface area contributed by atoms with Gasteiger partial charge in [0.1, 0.15) is 0 Å². The third-order valence-corrected chi connectivity index (χ3v) is 3.70. The highest BCUT2D eigenvalue weighted by Gasteiger charge is 2.50. The van der Waals surface area contributed by atoms with Gasteiger partial charge in [-0.15, -0.1) is 0 Å². The molecule has 0 aliphatic carbocycles. The highest BCUT2D eigenvalue weighted by molar-refractivity contribution is 5.80. The van der Waals surface area contributed by atoms with E-state index >= 15 is 0 Å². The van der Waals surface area contributed by atoms with Crippen LogP contribution in [0.15, 0.2) is 0 Å². The maximum absolute atomic E-state index is 12.7. The Morgan fingerprint density at radius 3 is 2.21 bits per heavy atom. The number of hydrogen-bond donors (Lipinski definition) is 1. The number of aliphatic carboxylic acids is 1. The standard InChI is InChI=1S/C12H18F3NO3/c1-10(2,12(13,14)15)6-8(17)16-5-4-11(3,7-16)9(18)19/h4-7H2,1-3H3,(H,18,19). The molecular formula is C12H18F3NO3. The van der Waals surface area contributed by atoms with Gasteiger partial charge in [0.05, 0.1) is 10.8 Å². The van der Waals surface area contributed by atoms with Crippen LogP contribution < -0.4 is 0 Å². The van der Waals surface area contributed by atoms with E-state index in [1.54, 1.807) is 0 Å². The lowest BCUT2D eigenvalue weighted by Crippen LogP contribution is -2.40. The lowest BCUT2D eigenvalue weighted by Gasteiger charge is -2.29. The largest absolute Gasteiger partial charge is 0.481 e. The fourth-order valence-corrected chi connectivity index (χ4v) is 1.94. The maximum atomic E-state index is 12.7. The van der Waals surface area contributed by atoms with Crippen LogP contribution >= 0.6 is 0 Å². The molecule has 0 aromatic heterocycles. The molecule has 1 heterocycles. The molecule has 0 bridgehead atoms. The van der Waals surface area contributed by atoms with Gasteiger partial charge in [-0.25, -0.2) is 0 Å². The van der Waals surface area contributed by atoms with Gasteiger partial charge < -0.3 is 10.0 Å². The van der Waals surface area contributed by atoms with Gasteiger partial charge >= 0.3 is 12.1 Å². The molecule has 0 aromatic rings. The van der Waals surface area contributed by atoms with Crippen molar-refractivity contribution in [2.75, 3.05) is 13.1 Å². The molecule has 1 saturated heterocycles. The summed E-state index contributed by atoms with van der Waals surface area (Å²) in [6, 6.07) is 0. The van der Waals surface area contributed by atoms with E-state index in [9.17, 15) is 22.8 Å². The molecule has 4 nitrogen and oxygen atoms in total. The van der Waals surface area contributed by atoms with Crippen LogP contribution in [0.25, 0.3) is 0 Å². The van der Waals surface area contributed by atoms with Crippen molar-refractivity contribution in [2.45, 2.75) is 39.8 Å². The van der Waals surface area contributed by atoms with Crippen LogP contribution in [0, 0.1) is 10.8 Å². The predicted molar refractivity (Wildman–Crippen MR) is 61.4 cm³/mol. The van der Waals surface area contributed by atoms with Gasteiger partial charge in [-0.1, -0.05) is 13.8 Å². The molecule has 0 saturated carbocycles. The van der Waals surface area contributed by atoms with E-state index in [1.807, 2.05) is 0 Å². The minimum absolute atomic E-state index is 0.0326. The Kier molecular flexibility index (Phi) is 3.89. The molecule has 1 rings (SSSR count). The third-order valence-electron chi connectivity index (χ3n) is 3.70. The smallest absolute Gasteiger partial charge is 0.394 e. The van der Waals surface area contributed by atoms with E-state index in [0.29, 0.717) is 0 Å². The second-order valence-electron chi connectivity index (χ2n) is 5.99. The maximum Gasteiger partial charge on any atom is 0.394 e. The van der Waals surface area contributed by atoms with E-state index in [2.05, 4.69) is 0 Å². The predicted octanol–water partition coefficient (Wildman–Crippen LogP) is 2.29. The minimum Gasteiger partial charge on any atom is -0.481 e. The zero-order chi connectivity index (χ0) is 15.1. The Morgan fingerprint density at radius 1 is 1.32 bits per heavy atom. The zero-order valence-corrected chi connectivity index (χ0v) is 11.2. The molecule has 19 heavy (non-hydrogen) atoms. The molecule has 1 aliphatic heterocycles. The topological polar surface area (TPSA) is 57.6 Å². The highest BCUT2D eigenvalue weighted by Crippen LogP contribution is 2.41. The summed E-state index contributed by atoms with van der Waals surface area (Å²) >= 11 is 0. The fraction of sp³-hybridized carbons (Fsp3) is 0.833. The van der Waals surface area contributed by atoms with Gasteiger partial charge in [-0.2, -0.15) is 13.2 Å². The van der Waals surface area contributed by atoms with Crippen molar-refractivity contribution in [3.05, 3.63) is 0 Å². The second kappa shape index (κ2) is 4.68. The normalized spacial score (nSPS) is 24.6. The number of alkyl halides is 3. The van der Waals surface area contributed by atoms with Gasteiger partial charge in [-0.3, -0.25) is 9.59 Å². The van der Waals surface area contributed by atoms with Crippen LogP contribution in [-0.2, 0) is 9.59 Å². The molecule has 0 spiro atoms. The van der Waals surface area contributed by atoms with E-state index in [1.165, 1.54) is 11.8 Å². The Hall–Kier alpha value is -1.27. The van der Waals surface area contributed by atoms with Gasteiger partial charge in [0, 0.05) is 19.5 Å². The summed E-state index contributed by atoms with van der Waals surface area (Å²) in [6.07, 6.45) is -4.86. The summed E-state index contributed by atoms with van der Waals surface area (Å²) in [4.78, 5) is 24.1. The van der Waals surface area contributed by atoms with Crippen molar-refractivity contribution in [1.29, 1.82) is 0 Å². The number of nitrogens with zero attached hydrogens (tertiary/aromatic N) is 1. The second-order valence-corrected chi connectivity index (χ2v) is 5.99. The highest BCUT2D eigenvalue weighted by atomic mass is 19.4. The van der Waals surface area contributed by atoms with Crippen molar-refractivity contribution < 1.29 is 27.9 Å². The Morgan fingerprint density at radius 2 is 1.84 bits per heavy atom. The van der Waals surface area contributed by atoms with Crippen molar-refractivity contribution >= 4 is 11.9 Å². The van der Waals surface area contributed by atoms with E-state index in [0.717, 1.165) is 13.8 Å². The molecule has 1 aliphatic rings. The van der Waals surface area contributed by atoms with Crippen LogP contribution in [0.3, 0.4) is 0 Å². The molecule has 1 N–H and O–H groups in total. The molecule has 1 unspecified atom stereocenters. The van der Waals surface area contributed by atoms with Crippen LogP contribution in [0.2, 0.25) is 0 Å².